The van der Waals surface area contributed by atoms with Crippen LogP contribution in [0.4, 0.5) is 18.9 Å². The number of hydrogen-bond donors (Lipinski definition) is 0. The summed E-state index contributed by atoms with van der Waals surface area (Å²) < 4.78 is 36.8. The summed E-state index contributed by atoms with van der Waals surface area (Å²) in [7, 11) is 1.38. The van der Waals surface area contributed by atoms with Gasteiger partial charge >= 0.3 is 6.18 Å². The monoisotopic (exact) mass is 315 g/mol. The highest BCUT2D eigenvalue weighted by Gasteiger charge is 2.30. The van der Waals surface area contributed by atoms with E-state index in [9.17, 15) is 13.2 Å². The molecule has 1 nitrogen and oxygen atoms in total. The summed E-state index contributed by atoms with van der Waals surface area (Å²) in [5.74, 6) is 0. The van der Waals surface area contributed by atoms with Crippen LogP contribution in [0.2, 0.25) is 5.02 Å². The van der Waals surface area contributed by atoms with E-state index in [1.54, 1.807) is 18.2 Å². The van der Waals surface area contributed by atoms with E-state index in [4.69, 9.17) is 11.6 Å². The van der Waals surface area contributed by atoms with Gasteiger partial charge in [-0.2, -0.15) is 13.2 Å². The van der Waals surface area contributed by atoms with Crippen molar-refractivity contribution in [1.82, 2.24) is 0 Å². The first-order chi connectivity index (χ1) is 7.35. The minimum absolute atomic E-state index is 0.323. The minimum Gasteiger partial charge on any atom is -0.364 e. The fourth-order valence-electron chi connectivity index (χ4n) is 1.44. The van der Waals surface area contributed by atoms with Crippen LogP contribution < -0.4 is 4.90 Å². The van der Waals surface area contributed by atoms with Crippen molar-refractivity contribution in [2.75, 3.05) is 18.5 Å². The quantitative estimate of drug-likeness (QED) is 0.754. The summed E-state index contributed by atoms with van der Waals surface area (Å²) in [5.41, 5.74) is 1.15. The van der Waals surface area contributed by atoms with Gasteiger partial charge in [0.1, 0.15) is 6.54 Å². The molecule has 0 unspecified atom stereocenters. The van der Waals surface area contributed by atoms with Crippen molar-refractivity contribution in [3.05, 3.63) is 28.8 Å². The van der Waals surface area contributed by atoms with Crippen LogP contribution in [0.15, 0.2) is 18.2 Å². The van der Waals surface area contributed by atoms with E-state index >= 15 is 0 Å². The fourth-order valence-corrected chi connectivity index (χ4v) is 2.23. The molecule has 0 amide bonds. The van der Waals surface area contributed by atoms with Gasteiger partial charge in [-0.1, -0.05) is 39.7 Å². The van der Waals surface area contributed by atoms with E-state index in [0.717, 1.165) is 10.5 Å². The number of anilines is 1. The molecule has 0 saturated carbocycles. The predicted molar refractivity (Wildman–Crippen MR) is 63.4 cm³/mol. The zero-order valence-corrected chi connectivity index (χ0v) is 10.8. The smallest absolute Gasteiger partial charge is 0.364 e. The second-order valence-corrected chi connectivity index (χ2v) is 4.32. The van der Waals surface area contributed by atoms with E-state index in [1.165, 1.54) is 7.05 Å². The average molecular weight is 317 g/mol. The van der Waals surface area contributed by atoms with E-state index < -0.39 is 12.7 Å². The molecule has 1 rings (SSSR count). The molecule has 16 heavy (non-hydrogen) atoms. The van der Waals surface area contributed by atoms with E-state index in [1.807, 2.05) is 0 Å². The predicted octanol–water partition coefficient (Wildman–Crippen LogP) is 4.23. The fraction of sp³-hybridized carbons (Fsp3) is 0.400. The molecule has 6 heteroatoms. The van der Waals surface area contributed by atoms with Crippen LogP contribution in [0.3, 0.4) is 0 Å². The SMILES string of the molecule is CN(CC(F)(F)F)c1c(Cl)cccc1CBr. The highest BCUT2D eigenvalue weighted by Crippen LogP contribution is 2.32. The lowest BCUT2D eigenvalue weighted by Gasteiger charge is -2.24. The topological polar surface area (TPSA) is 3.24 Å². The summed E-state index contributed by atoms with van der Waals surface area (Å²) in [4.78, 5) is 1.11. The average Bonchev–Trinajstić information content (AvgIpc) is 2.14. The zero-order valence-electron chi connectivity index (χ0n) is 8.48. The van der Waals surface area contributed by atoms with Crippen LogP contribution in [-0.2, 0) is 5.33 Å². The number of halogens is 5. The Kier molecular flexibility index (Phi) is 4.50. The Morgan fingerprint density at radius 3 is 2.50 bits per heavy atom. The van der Waals surface area contributed by atoms with Gasteiger partial charge in [-0.3, -0.25) is 0 Å². The first kappa shape index (κ1) is 13.6. The van der Waals surface area contributed by atoms with Crippen LogP contribution >= 0.6 is 27.5 Å². The lowest BCUT2D eigenvalue weighted by molar-refractivity contribution is -0.119. The van der Waals surface area contributed by atoms with Crippen molar-refractivity contribution in [3.8, 4) is 0 Å². The molecule has 0 bridgehead atoms. The number of alkyl halides is 4. The molecule has 0 N–H and O–H groups in total. The van der Waals surface area contributed by atoms with Gasteiger partial charge in [0.15, 0.2) is 0 Å². The number of benzene rings is 1. The van der Waals surface area contributed by atoms with Gasteiger partial charge in [-0.05, 0) is 11.6 Å². The Bertz CT molecular complexity index is 368. The zero-order chi connectivity index (χ0) is 12.3. The largest absolute Gasteiger partial charge is 0.405 e. The number of para-hydroxylation sites is 1. The van der Waals surface area contributed by atoms with Crippen LogP contribution in [-0.4, -0.2) is 19.8 Å². The lowest BCUT2D eigenvalue weighted by Crippen LogP contribution is -2.31. The highest BCUT2D eigenvalue weighted by molar-refractivity contribution is 9.08. The van der Waals surface area contributed by atoms with Crippen molar-refractivity contribution in [3.63, 3.8) is 0 Å². The molecule has 0 aliphatic carbocycles. The molecule has 90 valence electrons. The summed E-state index contributed by atoms with van der Waals surface area (Å²) in [6, 6.07) is 5.03. The summed E-state index contributed by atoms with van der Waals surface area (Å²) in [6.45, 7) is -1.02. The Balaban J connectivity index is 3.02. The van der Waals surface area contributed by atoms with Crippen molar-refractivity contribution in [2.45, 2.75) is 11.5 Å². The number of nitrogens with zero attached hydrogens (tertiary/aromatic N) is 1. The molecular formula is C10H10BrClF3N. The third kappa shape index (κ3) is 3.56. The van der Waals surface area contributed by atoms with Crippen LogP contribution in [0, 0.1) is 0 Å². The van der Waals surface area contributed by atoms with Crippen molar-refractivity contribution in [2.24, 2.45) is 0 Å². The Morgan fingerprint density at radius 2 is 2.00 bits per heavy atom. The molecule has 0 radical (unpaired) electrons. The Labute approximate surface area is 105 Å². The van der Waals surface area contributed by atoms with Crippen LogP contribution in [0.1, 0.15) is 5.56 Å². The summed E-state index contributed by atoms with van der Waals surface area (Å²) in [5, 5.41) is 0.786. The van der Waals surface area contributed by atoms with Gasteiger partial charge in [0.05, 0.1) is 10.7 Å². The van der Waals surface area contributed by atoms with E-state index in [0.29, 0.717) is 16.0 Å². The van der Waals surface area contributed by atoms with Crippen molar-refractivity contribution < 1.29 is 13.2 Å². The molecule has 0 saturated heterocycles. The molecule has 0 fully saturated rings. The van der Waals surface area contributed by atoms with Crippen LogP contribution in [0.5, 0.6) is 0 Å². The molecular weight excluding hydrogens is 306 g/mol. The third-order valence-corrected chi connectivity index (χ3v) is 2.92. The van der Waals surface area contributed by atoms with Gasteiger partial charge in [0.2, 0.25) is 0 Å². The molecule has 0 aliphatic rings. The molecule has 1 aromatic rings. The van der Waals surface area contributed by atoms with E-state index in [2.05, 4.69) is 15.9 Å². The maximum Gasteiger partial charge on any atom is 0.405 e. The maximum atomic E-state index is 12.3. The molecule has 0 atom stereocenters. The Morgan fingerprint density at radius 1 is 1.38 bits per heavy atom. The maximum absolute atomic E-state index is 12.3. The van der Waals surface area contributed by atoms with Crippen molar-refractivity contribution in [1.29, 1.82) is 0 Å². The van der Waals surface area contributed by atoms with Crippen molar-refractivity contribution >= 4 is 33.2 Å². The lowest BCUT2D eigenvalue weighted by atomic mass is 10.2. The minimum atomic E-state index is -4.24. The molecule has 0 spiro atoms. The first-order valence-corrected chi connectivity index (χ1v) is 5.96. The molecule has 1 aromatic carbocycles. The summed E-state index contributed by atoms with van der Waals surface area (Å²) >= 11 is 9.13. The van der Waals surface area contributed by atoms with Gasteiger partial charge in [-0.15, -0.1) is 0 Å². The van der Waals surface area contributed by atoms with Gasteiger partial charge in [-0.25, -0.2) is 0 Å². The second-order valence-electron chi connectivity index (χ2n) is 3.35. The third-order valence-electron chi connectivity index (χ3n) is 2.01. The first-order valence-electron chi connectivity index (χ1n) is 4.46. The number of hydrogen-bond acceptors (Lipinski definition) is 1. The van der Waals surface area contributed by atoms with Gasteiger partial charge in [0, 0.05) is 12.4 Å². The van der Waals surface area contributed by atoms with Gasteiger partial charge in [0.25, 0.3) is 0 Å². The van der Waals surface area contributed by atoms with Gasteiger partial charge < -0.3 is 4.90 Å². The summed E-state index contributed by atoms with van der Waals surface area (Å²) in [6.07, 6.45) is -4.24. The number of rotatable bonds is 3. The van der Waals surface area contributed by atoms with Crippen LogP contribution in [0.25, 0.3) is 0 Å². The molecule has 0 heterocycles. The standard InChI is InChI=1S/C10H10BrClF3N/c1-16(6-10(13,14)15)9-7(5-11)3-2-4-8(9)12/h2-4H,5-6H2,1H3. The molecule has 0 aliphatic heterocycles. The molecule has 0 aromatic heterocycles. The second kappa shape index (κ2) is 5.27. The normalized spacial score (nSPS) is 11.6. The Hall–Kier alpha value is -0.420. The van der Waals surface area contributed by atoms with E-state index in [-0.39, 0.29) is 0 Å². The highest BCUT2D eigenvalue weighted by atomic mass is 79.9.